The van der Waals surface area contributed by atoms with Crippen molar-refractivity contribution in [1.29, 1.82) is 0 Å². The Hall–Kier alpha value is -1.77. The molecule has 0 spiro atoms. The first kappa shape index (κ1) is 10.7. The van der Waals surface area contributed by atoms with Gasteiger partial charge < -0.3 is 10.7 Å². The van der Waals surface area contributed by atoms with E-state index < -0.39 is 0 Å². The molecule has 1 aliphatic heterocycles. The molecule has 0 atom stereocenters. The van der Waals surface area contributed by atoms with Crippen LogP contribution in [0.25, 0.3) is 0 Å². The number of allylic oxidation sites excluding steroid dienone is 2. The number of likely N-dealkylation sites (N-methyl/N-ethyl adjacent to an activating group) is 1. The minimum atomic E-state index is 0.00648. The summed E-state index contributed by atoms with van der Waals surface area (Å²) >= 11 is 0. The van der Waals surface area contributed by atoms with Gasteiger partial charge in [0.15, 0.2) is 0 Å². The van der Waals surface area contributed by atoms with E-state index in [4.69, 9.17) is 5.84 Å². The first-order valence-electron chi connectivity index (χ1n) is 5.36. The lowest BCUT2D eigenvalue weighted by Gasteiger charge is -2.23. The van der Waals surface area contributed by atoms with Crippen molar-refractivity contribution in [2.75, 3.05) is 11.9 Å². The fourth-order valence-corrected chi connectivity index (χ4v) is 2.42. The van der Waals surface area contributed by atoms with Crippen molar-refractivity contribution >= 4 is 11.9 Å². The van der Waals surface area contributed by atoms with Crippen LogP contribution in [-0.2, 0) is 5.41 Å². The highest BCUT2D eigenvalue weighted by molar-refractivity contribution is 5.79. The van der Waals surface area contributed by atoms with Crippen molar-refractivity contribution in [2.45, 2.75) is 19.3 Å². The highest BCUT2D eigenvalue weighted by atomic mass is 15.2. The van der Waals surface area contributed by atoms with Crippen LogP contribution in [0, 0.1) is 0 Å². The lowest BCUT2D eigenvalue weighted by Crippen LogP contribution is -2.23. The van der Waals surface area contributed by atoms with Crippen molar-refractivity contribution in [2.24, 2.45) is 10.9 Å². The molecule has 1 aromatic carbocycles. The van der Waals surface area contributed by atoms with Gasteiger partial charge in [-0.15, -0.1) is 0 Å². The Bertz CT molecular complexity index is 458. The van der Waals surface area contributed by atoms with Gasteiger partial charge in [0.2, 0.25) is 0 Å². The zero-order valence-corrected chi connectivity index (χ0v) is 9.94. The van der Waals surface area contributed by atoms with E-state index in [9.17, 15) is 0 Å². The van der Waals surface area contributed by atoms with Gasteiger partial charge in [-0.05, 0) is 17.7 Å². The number of hydrogen-bond acceptors (Lipinski definition) is 3. The molecule has 16 heavy (non-hydrogen) atoms. The van der Waals surface area contributed by atoms with Crippen LogP contribution < -0.4 is 10.7 Å². The van der Waals surface area contributed by atoms with E-state index in [0.717, 1.165) is 0 Å². The number of fused-ring (bicyclic) bond motifs is 1. The first-order valence-corrected chi connectivity index (χ1v) is 5.36. The number of benzene rings is 1. The number of nitrogens with two attached hydrogens (primary N) is 1. The fourth-order valence-electron chi connectivity index (χ4n) is 2.42. The van der Waals surface area contributed by atoms with E-state index in [2.05, 4.69) is 55.2 Å². The van der Waals surface area contributed by atoms with E-state index in [1.165, 1.54) is 16.9 Å². The van der Waals surface area contributed by atoms with E-state index >= 15 is 0 Å². The molecule has 0 radical (unpaired) electrons. The molecule has 0 bridgehead atoms. The van der Waals surface area contributed by atoms with Gasteiger partial charge in [-0.2, -0.15) is 5.10 Å². The maximum atomic E-state index is 5.15. The Morgan fingerprint density at radius 3 is 2.62 bits per heavy atom. The molecule has 0 amide bonds. The van der Waals surface area contributed by atoms with Crippen molar-refractivity contribution in [3.8, 4) is 0 Å². The molecule has 1 aromatic rings. The first-order chi connectivity index (χ1) is 7.59. The zero-order valence-electron chi connectivity index (χ0n) is 9.94. The average molecular weight is 215 g/mol. The van der Waals surface area contributed by atoms with E-state index in [1.807, 2.05) is 6.08 Å². The second kappa shape index (κ2) is 3.67. The van der Waals surface area contributed by atoms with Gasteiger partial charge in [-0.3, -0.25) is 0 Å². The maximum Gasteiger partial charge on any atom is 0.0483 e. The smallest absolute Gasteiger partial charge is 0.0483 e. The van der Waals surface area contributed by atoms with Crippen LogP contribution >= 0.6 is 0 Å². The molecule has 3 nitrogen and oxygen atoms in total. The molecule has 84 valence electrons. The van der Waals surface area contributed by atoms with Gasteiger partial charge >= 0.3 is 0 Å². The van der Waals surface area contributed by atoms with Gasteiger partial charge in [-0.1, -0.05) is 32.0 Å². The number of hydrazone groups is 1. The van der Waals surface area contributed by atoms with Crippen LogP contribution in [0.4, 0.5) is 5.69 Å². The summed E-state index contributed by atoms with van der Waals surface area (Å²) in [5.74, 6) is 5.15. The number of nitrogens with zero attached hydrogens (tertiary/aromatic N) is 2. The van der Waals surface area contributed by atoms with Crippen LogP contribution in [0.5, 0.6) is 0 Å². The van der Waals surface area contributed by atoms with Crippen LogP contribution in [0.15, 0.2) is 41.1 Å². The molecule has 0 aliphatic carbocycles. The van der Waals surface area contributed by atoms with Gasteiger partial charge in [-0.25, -0.2) is 0 Å². The van der Waals surface area contributed by atoms with Gasteiger partial charge in [0.1, 0.15) is 0 Å². The second-order valence-corrected chi connectivity index (χ2v) is 4.55. The highest BCUT2D eigenvalue weighted by Gasteiger charge is 2.37. The molecule has 2 N–H and O–H groups in total. The SMILES string of the molecule is CN1/C(=C\C=N/N)C(C)(C)c2ccccc21. The summed E-state index contributed by atoms with van der Waals surface area (Å²) in [7, 11) is 2.07. The predicted molar refractivity (Wildman–Crippen MR) is 68.6 cm³/mol. The number of anilines is 1. The molecule has 0 aromatic heterocycles. The summed E-state index contributed by atoms with van der Waals surface area (Å²) in [4.78, 5) is 2.19. The van der Waals surface area contributed by atoms with Crippen LogP contribution in [0.1, 0.15) is 19.4 Å². The molecular formula is C13H17N3. The molecule has 2 rings (SSSR count). The summed E-state index contributed by atoms with van der Waals surface area (Å²) in [6.07, 6.45) is 3.61. The average Bonchev–Trinajstić information content (AvgIpc) is 2.46. The molecule has 0 saturated heterocycles. The Kier molecular flexibility index (Phi) is 2.46. The van der Waals surface area contributed by atoms with Gasteiger partial charge in [0.05, 0.1) is 0 Å². The molecule has 0 fully saturated rings. The normalized spacial score (nSPS) is 20.7. The van der Waals surface area contributed by atoms with E-state index in [1.54, 1.807) is 6.21 Å². The standard InChI is InChI=1S/C13H17N3/c1-13(2)10-6-4-5-7-11(10)16(3)12(13)8-9-15-14/h4-9H,14H2,1-3H3/b12-8-,15-9-. The minimum Gasteiger partial charge on any atom is -0.347 e. The molecule has 0 unspecified atom stereocenters. The fraction of sp³-hybridized carbons (Fsp3) is 0.308. The number of rotatable bonds is 1. The van der Waals surface area contributed by atoms with Crippen LogP contribution in [0.2, 0.25) is 0 Å². The van der Waals surface area contributed by atoms with Gasteiger partial charge in [0, 0.05) is 30.1 Å². The van der Waals surface area contributed by atoms with E-state index in [-0.39, 0.29) is 5.41 Å². The Morgan fingerprint density at radius 1 is 1.31 bits per heavy atom. The summed E-state index contributed by atoms with van der Waals surface area (Å²) < 4.78 is 0. The topological polar surface area (TPSA) is 41.6 Å². The lowest BCUT2D eigenvalue weighted by atomic mass is 9.84. The minimum absolute atomic E-state index is 0.00648. The summed E-state index contributed by atoms with van der Waals surface area (Å²) in [5.41, 5.74) is 3.81. The zero-order chi connectivity index (χ0) is 11.8. The second-order valence-electron chi connectivity index (χ2n) is 4.55. The summed E-state index contributed by atoms with van der Waals surface area (Å²) in [6, 6.07) is 8.45. The van der Waals surface area contributed by atoms with E-state index in [0.29, 0.717) is 0 Å². The van der Waals surface area contributed by atoms with Gasteiger partial charge in [0.25, 0.3) is 0 Å². The third-order valence-electron chi connectivity index (χ3n) is 3.26. The van der Waals surface area contributed by atoms with Crippen molar-refractivity contribution in [3.05, 3.63) is 41.6 Å². The third-order valence-corrected chi connectivity index (χ3v) is 3.26. The Morgan fingerprint density at radius 2 is 2.00 bits per heavy atom. The quantitative estimate of drug-likeness (QED) is 0.443. The number of hydrogen-bond donors (Lipinski definition) is 1. The lowest BCUT2D eigenvalue weighted by molar-refractivity contribution is 0.641. The van der Waals surface area contributed by atoms with Crippen LogP contribution in [-0.4, -0.2) is 13.3 Å². The predicted octanol–water partition coefficient (Wildman–Crippen LogP) is 2.24. The molecule has 3 heteroatoms. The Labute approximate surface area is 96.3 Å². The van der Waals surface area contributed by atoms with Crippen LogP contribution in [0.3, 0.4) is 0 Å². The largest absolute Gasteiger partial charge is 0.347 e. The van der Waals surface area contributed by atoms with Crippen molar-refractivity contribution < 1.29 is 0 Å². The maximum absolute atomic E-state index is 5.15. The Balaban J connectivity index is 2.57. The molecule has 1 aliphatic rings. The molecular weight excluding hydrogens is 198 g/mol. The summed E-state index contributed by atoms with van der Waals surface area (Å²) in [5, 5.41) is 3.53. The number of para-hydroxylation sites is 1. The highest BCUT2D eigenvalue weighted by Crippen LogP contribution is 2.46. The molecule has 1 heterocycles. The van der Waals surface area contributed by atoms with Crippen molar-refractivity contribution in [3.63, 3.8) is 0 Å². The monoisotopic (exact) mass is 215 g/mol. The summed E-state index contributed by atoms with van der Waals surface area (Å²) in [6.45, 7) is 4.43. The third kappa shape index (κ3) is 1.40. The molecule has 0 saturated carbocycles. The van der Waals surface area contributed by atoms with Crippen molar-refractivity contribution in [1.82, 2.24) is 0 Å².